The Morgan fingerprint density at radius 3 is 2.42 bits per heavy atom. The van der Waals surface area contributed by atoms with Crippen molar-refractivity contribution in [2.24, 2.45) is 22.8 Å². The fourth-order valence-corrected chi connectivity index (χ4v) is 6.17. The van der Waals surface area contributed by atoms with Gasteiger partial charge in [-0.25, -0.2) is 0 Å². The largest absolute Gasteiger partial charge is 0.461 e. The Hall–Kier alpha value is -3.65. The van der Waals surface area contributed by atoms with Crippen LogP contribution in [0.1, 0.15) is 80.6 Å². The number of carbonyl (C=O) groups is 3. The maximum absolute atomic E-state index is 13.2. The zero-order valence-corrected chi connectivity index (χ0v) is 23.8. The Morgan fingerprint density at radius 2 is 1.75 bits per heavy atom. The lowest BCUT2D eigenvalue weighted by Crippen LogP contribution is -2.40. The van der Waals surface area contributed by atoms with Crippen molar-refractivity contribution in [3.63, 3.8) is 0 Å². The van der Waals surface area contributed by atoms with E-state index >= 15 is 0 Å². The molecule has 2 aliphatic rings. The minimum atomic E-state index is -0.617. The van der Waals surface area contributed by atoms with Crippen molar-refractivity contribution in [3.8, 4) is 11.1 Å². The van der Waals surface area contributed by atoms with Crippen LogP contribution in [0.5, 0.6) is 0 Å². The first kappa shape index (κ1) is 27.9. The molecular weight excluding hydrogens is 504 g/mol. The summed E-state index contributed by atoms with van der Waals surface area (Å²) in [7, 11) is 0. The van der Waals surface area contributed by atoms with Crippen LogP contribution in [0, 0.1) is 11.3 Å². The van der Waals surface area contributed by atoms with Crippen LogP contribution < -0.4 is 16.8 Å². The predicted molar refractivity (Wildman–Crippen MR) is 157 cm³/mol. The Kier molecular flexibility index (Phi) is 7.48. The predicted octanol–water partition coefficient (Wildman–Crippen LogP) is 5.27. The van der Waals surface area contributed by atoms with E-state index in [1.807, 2.05) is 48.7 Å². The Labute approximate surface area is 235 Å². The zero-order chi connectivity index (χ0) is 28.8. The molecule has 5 rings (SSSR count). The number of nitrogens with two attached hydrogens (primary N) is 2. The van der Waals surface area contributed by atoms with Crippen LogP contribution in [0.25, 0.3) is 22.0 Å². The number of benzene rings is 2. The van der Waals surface area contributed by atoms with Crippen molar-refractivity contribution in [2.75, 3.05) is 5.32 Å². The third kappa shape index (κ3) is 5.37. The van der Waals surface area contributed by atoms with Gasteiger partial charge < -0.3 is 21.5 Å². The van der Waals surface area contributed by atoms with E-state index in [9.17, 15) is 14.4 Å². The average Bonchev–Trinajstić information content (AvgIpc) is 3.22. The number of ether oxygens (including phenoxy) is 1. The topological polar surface area (TPSA) is 129 Å². The van der Waals surface area contributed by atoms with Gasteiger partial charge in [-0.2, -0.15) is 0 Å². The summed E-state index contributed by atoms with van der Waals surface area (Å²) in [6.07, 6.45) is 4.11. The molecule has 3 aromatic rings. The second kappa shape index (κ2) is 10.7. The van der Waals surface area contributed by atoms with E-state index in [1.165, 1.54) is 0 Å². The Morgan fingerprint density at radius 1 is 1.05 bits per heavy atom. The van der Waals surface area contributed by atoms with Crippen molar-refractivity contribution < 1.29 is 19.1 Å². The first-order valence-corrected chi connectivity index (χ1v) is 14.3. The van der Waals surface area contributed by atoms with Gasteiger partial charge in [-0.3, -0.25) is 19.0 Å². The number of amides is 1. The number of carbonyl (C=O) groups excluding carboxylic acids is 3. The van der Waals surface area contributed by atoms with Gasteiger partial charge in [0.05, 0.1) is 11.1 Å². The molecule has 1 aliphatic heterocycles. The summed E-state index contributed by atoms with van der Waals surface area (Å²) in [5, 5.41) is 4.58. The molecule has 5 N–H and O–H groups in total. The van der Waals surface area contributed by atoms with Gasteiger partial charge in [0.2, 0.25) is 5.91 Å². The Balaban J connectivity index is 1.43. The molecule has 0 unspecified atom stereocenters. The van der Waals surface area contributed by atoms with E-state index in [2.05, 4.69) is 25.2 Å². The molecule has 1 amide bonds. The summed E-state index contributed by atoms with van der Waals surface area (Å²) in [5.41, 5.74) is 16.6. The van der Waals surface area contributed by atoms with E-state index in [0.717, 1.165) is 47.0 Å². The normalized spacial score (nSPS) is 21.2. The average molecular weight is 545 g/mol. The van der Waals surface area contributed by atoms with Gasteiger partial charge in [-0.15, -0.1) is 0 Å². The van der Waals surface area contributed by atoms with Crippen LogP contribution in [0.4, 0.5) is 5.69 Å². The third-order valence-corrected chi connectivity index (χ3v) is 8.38. The highest BCUT2D eigenvalue weighted by molar-refractivity contribution is 6.06. The summed E-state index contributed by atoms with van der Waals surface area (Å²) in [4.78, 5) is 38.0. The first-order valence-electron chi connectivity index (χ1n) is 14.3. The smallest absolute Gasteiger partial charge is 0.323 e. The van der Waals surface area contributed by atoms with Gasteiger partial charge in [0.1, 0.15) is 12.1 Å². The van der Waals surface area contributed by atoms with Gasteiger partial charge in [-0.05, 0) is 67.2 Å². The number of rotatable bonds is 7. The molecule has 40 heavy (non-hydrogen) atoms. The first-order chi connectivity index (χ1) is 18.9. The summed E-state index contributed by atoms with van der Waals surface area (Å²) in [6, 6.07) is 13.2. The molecule has 0 bridgehead atoms. The van der Waals surface area contributed by atoms with Gasteiger partial charge in [-0.1, -0.05) is 52.0 Å². The van der Waals surface area contributed by atoms with Gasteiger partial charge in [0, 0.05) is 34.8 Å². The van der Waals surface area contributed by atoms with Crippen LogP contribution in [-0.2, 0) is 16.0 Å². The van der Waals surface area contributed by atoms with Crippen molar-refractivity contribution in [2.45, 2.75) is 84.4 Å². The minimum absolute atomic E-state index is 0.0257. The fraction of sp³-hybridized carbons (Fsp3) is 0.469. The zero-order valence-electron chi connectivity index (χ0n) is 23.8. The molecule has 2 heterocycles. The number of aromatic nitrogens is 1. The lowest BCUT2D eigenvalue weighted by atomic mass is 9.80. The summed E-state index contributed by atoms with van der Waals surface area (Å²) in [5.74, 6) is -0.718. The molecule has 1 saturated carbocycles. The number of esters is 1. The number of nitrogens with one attached hydrogen (secondary N) is 1. The number of primary amides is 1. The molecule has 1 aliphatic carbocycles. The standard InChI is InChI=1S/C32H40N4O4/c1-18(2)29(33)31(39)40-21-12-10-20(11-13-21)35-24-15-19(9-14-22(24)30(34)38)28-23-7-5-6-8-25(23)36-26(28)16-32(3,4)17-27(36)37/h5-9,14-15,18,20-21,29,35H,10-13,16-17,33H2,1-4H3,(H2,34,38)/t20?,21?,29-/m0/s1. The van der Waals surface area contributed by atoms with Crippen molar-refractivity contribution in [1.82, 2.24) is 4.57 Å². The van der Waals surface area contributed by atoms with Crippen molar-refractivity contribution in [3.05, 3.63) is 53.7 Å². The second-order valence-electron chi connectivity index (χ2n) is 12.5. The lowest BCUT2D eigenvalue weighted by molar-refractivity contribution is -0.153. The Bertz CT molecular complexity index is 1460. The van der Waals surface area contributed by atoms with E-state index in [0.29, 0.717) is 30.5 Å². The highest BCUT2D eigenvalue weighted by atomic mass is 16.5. The van der Waals surface area contributed by atoms with Gasteiger partial charge in [0.25, 0.3) is 5.91 Å². The molecule has 1 atom stereocenters. The molecule has 0 saturated heterocycles. The lowest BCUT2D eigenvalue weighted by Gasteiger charge is -2.31. The molecule has 0 spiro atoms. The van der Waals surface area contributed by atoms with Gasteiger partial charge in [0.15, 0.2) is 0 Å². The number of hydrogen-bond donors (Lipinski definition) is 3. The number of para-hydroxylation sites is 1. The summed E-state index contributed by atoms with van der Waals surface area (Å²) >= 11 is 0. The highest BCUT2D eigenvalue weighted by Gasteiger charge is 2.35. The van der Waals surface area contributed by atoms with Crippen LogP contribution in [-0.4, -0.2) is 40.5 Å². The van der Waals surface area contributed by atoms with E-state index < -0.39 is 11.9 Å². The molecule has 212 valence electrons. The molecule has 8 nitrogen and oxygen atoms in total. The molecule has 0 radical (unpaired) electrons. The van der Waals surface area contributed by atoms with Gasteiger partial charge >= 0.3 is 5.97 Å². The van der Waals surface area contributed by atoms with Crippen molar-refractivity contribution >= 4 is 34.4 Å². The molecule has 1 aromatic heterocycles. The van der Waals surface area contributed by atoms with Crippen LogP contribution >= 0.6 is 0 Å². The third-order valence-electron chi connectivity index (χ3n) is 8.38. The summed E-state index contributed by atoms with van der Waals surface area (Å²) < 4.78 is 7.54. The highest BCUT2D eigenvalue weighted by Crippen LogP contribution is 2.43. The minimum Gasteiger partial charge on any atom is -0.461 e. The number of fused-ring (bicyclic) bond motifs is 3. The van der Waals surface area contributed by atoms with Crippen LogP contribution in [0.2, 0.25) is 0 Å². The number of hydrogen-bond acceptors (Lipinski definition) is 6. The van der Waals surface area contributed by atoms with E-state index in [4.69, 9.17) is 16.2 Å². The van der Waals surface area contributed by atoms with E-state index in [1.54, 1.807) is 6.07 Å². The van der Waals surface area contributed by atoms with E-state index in [-0.39, 0.29) is 35.4 Å². The summed E-state index contributed by atoms with van der Waals surface area (Å²) in [6.45, 7) is 8.07. The molecule has 1 fully saturated rings. The maximum atomic E-state index is 13.2. The maximum Gasteiger partial charge on any atom is 0.323 e. The van der Waals surface area contributed by atoms with Crippen LogP contribution in [0.15, 0.2) is 42.5 Å². The molecular formula is C32H40N4O4. The SMILES string of the molecule is CC(C)[C@H](N)C(=O)OC1CCC(Nc2cc(-c3c4n(c5ccccc35)C(=O)CC(C)(C)C4)ccc2C(N)=O)CC1. The van der Waals surface area contributed by atoms with Crippen LogP contribution in [0.3, 0.4) is 0 Å². The van der Waals surface area contributed by atoms with Crippen molar-refractivity contribution in [1.29, 1.82) is 0 Å². The quantitative estimate of drug-likeness (QED) is 0.348. The number of nitrogens with zero attached hydrogens (tertiary/aromatic N) is 1. The molecule has 2 aromatic carbocycles. The number of anilines is 1. The monoisotopic (exact) mass is 544 g/mol. The second-order valence-corrected chi connectivity index (χ2v) is 12.5. The molecule has 8 heteroatoms. The fourth-order valence-electron chi connectivity index (χ4n) is 6.17.